The number of nitrogens with one attached hydrogen (secondary N) is 2. The molecule has 6 heteroatoms. The molecule has 3 rings (SSSR count). The van der Waals surface area contributed by atoms with Crippen molar-refractivity contribution in [1.82, 2.24) is 15.6 Å². The number of ether oxygens (including phenoxy) is 2. The van der Waals surface area contributed by atoms with E-state index in [1.54, 1.807) is 7.11 Å². The summed E-state index contributed by atoms with van der Waals surface area (Å²) < 4.78 is 11.5. The van der Waals surface area contributed by atoms with Gasteiger partial charge in [0.2, 0.25) is 17.7 Å². The van der Waals surface area contributed by atoms with Crippen LogP contribution in [0.1, 0.15) is 36.0 Å². The molecule has 0 saturated carbocycles. The normalized spacial score (nSPS) is 10.4. The maximum Gasteiger partial charge on any atom is 0.220 e. The van der Waals surface area contributed by atoms with Crippen LogP contribution in [0.2, 0.25) is 0 Å². The van der Waals surface area contributed by atoms with Gasteiger partial charge in [-0.25, -0.2) is 0 Å². The topological polar surface area (TPSA) is 72.5 Å². The van der Waals surface area contributed by atoms with Crippen LogP contribution in [0, 0.1) is 19.3 Å². The number of pyridine rings is 1. The maximum atomic E-state index is 11.7. The van der Waals surface area contributed by atoms with E-state index < -0.39 is 0 Å². The molecule has 2 aromatic carbocycles. The molecular weight excluding hydrogens is 438 g/mol. The molecule has 0 radical (unpaired) electrons. The minimum absolute atomic E-state index is 0.0207. The molecule has 0 spiro atoms. The summed E-state index contributed by atoms with van der Waals surface area (Å²) in [6.45, 7) is 4.29. The summed E-state index contributed by atoms with van der Waals surface area (Å²) in [5.74, 6) is 3.59. The van der Waals surface area contributed by atoms with E-state index in [2.05, 4.69) is 58.8 Å². The Morgan fingerprint density at radius 1 is 1.03 bits per heavy atom. The quantitative estimate of drug-likeness (QED) is 0.280. The van der Waals surface area contributed by atoms with Crippen LogP contribution in [0.5, 0.6) is 11.8 Å². The highest BCUT2D eigenvalue weighted by atomic mass is 16.5. The van der Waals surface area contributed by atoms with Crippen molar-refractivity contribution in [2.75, 3.05) is 20.2 Å². The largest absolute Gasteiger partial charge is 0.481 e. The highest BCUT2D eigenvalue weighted by Gasteiger charge is 2.10. The van der Waals surface area contributed by atoms with E-state index in [9.17, 15) is 4.79 Å². The monoisotopic (exact) mass is 471 g/mol. The van der Waals surface area contributed by atoms with Gasteiger partial charge in [0.1, 0.15) is 6.61 Å². The van der Waals surface area contributed by atoms with Crippen molar-refractivity contribution in [2.24, 2.45) is 0 Å². The second-order valence-electron chi connectivity index (χ2n) is 8.15. The zero-order valence-corrected chi connectivity index (χ0v) is 20.5. The molecule has 0 atom stereocenters. The zero-order valence-electron chi connectivity index (χ0n) is 20.5. The van der Waals surface area contributed by atoms with Gasteiger partial charge >= 0.3 is 0 Å². The van der Waals surface area contributed by atoms with Crippen LogP contribution >= 0.6 is 0 Å². The number of hydrogen-bond acceptors (Lipinski definition) is 5. The first kappa shape index (κ1) is 25.8. The lowest BCUT2D eigenvalue weighted by Crippen LogP contribution is -2.31. The van der Waals surface area contributed by atoms with Crippen LogP contribution in [-0.2, 0) is 17.9 Å². The average Bonchev–Trinajstić information content (AvgIpc) is 2.89. The molecule has 0 saturated heterocycles. The summed E-state index contributed by atoms with van der Waals surface area (Å²) in [7, 11) is 1.60. The number of methoxy groups -OCH3 is 1. The van der Waals surface area contributed by atoms with Crippen LogP contribution in [-0.4, -0.2) is 31.1 Å². The number of terminal acetylenes is 1. The fourth-order valence-corrected chi connectivity index (χ4v) is 3.72. The van der Waals surface area contributed by atoms with E-state index in [-0.39, 0.29) is 5.91 Å². The number of carbonyl (C=O) groups excluding carboxylic acids is 1. The number of benzene rings is 2. The summed E-state index contributed by atoms with van der Waals surface area (Å²) in [6, 6.07) is 20.4. The molecule has 182 valence electrons. The summed E-state index contributed by atoms with van der Waals surface area (Å²) >= 11 is 0. The molecule has 0 fully saturated rings. The number of amides is 1. The summed E-state index contributed by atoms with van der Waals surface area (Å²) in [5, 5.41) is 6.18. The van der Waals surface area contributed by atoms with Gasteiger partial charge in [-0.15, -0.1) is 12.3 Å². The Kier molecular flexibility index (Phi) is 10.2. The van der Waals surface area contributed by atoms with E-state index in [1.807, 2.05) is 30.3 Å². The van der Waals surface area contributed by atoms with Crippen LogP contribution < -0.4 is 20.1 Å². The minimum Gasteiger partial charge on any atom is -0.481 e. The number of hydrogen-bond donors (Lipinski definition) is 2. The predicted octanol–water partition coefficient (Wildman–Crippen LogP) is 4.65. The summed E-state index contributed by atoms with van der Waals surface area (Å²) in [5.41, 5.74) is 5.60. The second-order valence-corrected chi connectivity index (χ2v) is 8.15. The lowest BCUT2D eigenvalue weighted by Gasteiger charge is -2.14. The van der Waals surface area contributed by atoms with Gasteiger partial charge in [0, 0.05) is 44.1 Å². The van der Waals surface area contributed by atoms with Gasteiger partial charge < -0.3 is 20.1 Å². The number of unbranched alkanes of at least 4 members (excludes halogenated alkanes) is 1. The van der Waals surface area contributed by atoms with E-state index >= 15 is 0 Å². The van der Waals surface area contributed by atoms with Crippen molar-refractivity contribution in [3.05, 3.63) is 77.4 Å². The minimum atomic E-state index is 0.0207. The highest BCUT2D eigenvalue weighted by Crippen LogP contribution is 2.27. The summed E-state index contributed by atoms with van der Waals surface area (Å²) in [6.07, 6.45) is 7.00. The molecule has 0 bridgehead atoms. The van der Waals surface area contributed by atoms with Gasteiger partial charge in [0.15, 0.2) is 0 Å². The van der Waals surface area contributed by atoms with E-state index in [4.69, 9.17) is 15.9 Å². The van der Waals surface area contributed by atoms with Crippen molar-refractivity contribution in [2.45, 2.75) is 39.3 Å². The molecule has 0 aliphatic rings. The molecule has 2 N–H and O–H groups in total. The van der Waals surface area contributed by atoms with Crippen LogP contribution in [0.3, 0.4) is 0 Å². The van der Waals surface area contributed by atoms with Crippen molar-refractivity contribution in [3.8, 4) is 35.2 Å². The lowest BCUT2D eigenvalue weighted by molar-refractivity contribution is -0.121. The van der Waals surface area contributed by atoms with Crippen LogP contribution in [0.4, 0.5) is 0 Å². The Labute approximate surface area is 208 Å². The zero-order chi connectivity index (χ0) is 24.9. The first-order chi connectivity index (χ1) is 17.1. The Morgan fingerprint density at radius 2 is 1.86 bits per heavy atom. The molecule has 0 aliphatic heterocycles. The third kappa shape index (κ3) is 7.87. The van der Waals surface area contributed by atoms with Crippen LogP contribution in [0.25, 0.3) is 11.1 Å². The Hall–Kier alpha value is -3.82. The predicted molar refractivity (Wildman–Crippen MR) is 139 cm³/mol. The Morgan fingerprint density at radius 3 is 2.63 bits per heavy atom. The maximum absolute atomic E-state index is 11.7. The van der Waals surface area contributed by atoms with Gasteiger partial charge in [-0.3, -0.25) is 4.79 Å². The third-order valence-electron chi connectivity index (χ3n) is 5.68. The number of rotatable bonds is 13. The highest BCUT2D eigenvalue weighted by molar-refractivity contribution is 5.75. The molecule has 1 aromatic heterocycles. The molecule has 6 nitrogen and oxygen atoms in total. The standard InChI is InChI=1S/C29H33N3O3/c1-4-5-7-15-27(33)31-19-18-30-20-24-16-17-28(32-29(24)34-3)35-21-25-13-10-14-26(22(25)2)23-11-8-6-9-12-23/h1,6,8-14,16-17,30H,5,7,15,18-21H2,2-3H3,(H,31,33). The smallest absolute Gasteiger partial charge is 0.220 e. The SMILES string of the molecule is C#CCCCC(=O)NCCNCc1ccc(OCc2cccc(-c3ccccc3)c2C)nc1OC. The van der Waals surface area contributed by atoms with Crippen LogP contribution in [0.15, 0.2) is 60.7 Å². The van der Waals surface area contributed by atoms with Gasteiger partial charge in [0.25, 0.3) is 0 Å². The molecule has 3 aromatic rings. The molecule has 0 unspecified atom stereocenters. The molecular formula is C29H33N3O3. The number of carbonyl (C=O) groups is 1. The van der Waals surface area contributed by atoms with E-state index in [1.165, 1.54) is 16.7 Å². The fourth-order valence-electron chi connectivity index (χ4n) is 3.72. The van der Waals surface area contributed by atoms with Gasteiger partial charge in [-0.1, -0.05) is 48.5 Å². The molecule has 35 heavy (non-hydrogen) atoms. The number of nitrogens with zero attached hydrogens (tertiary/aromatic N) is 1. The lowest BCUT2D eigenvalue weighted by atomic mass is 9.97. The second kappa shape index (κ2) is 13.8. The van der Waals surface area contributed by atoms with Gasteiger partial charge in [0.05, 0.1) is 7.11 Å². The van der Waals surface area contributed by atoms with Crippen molar-refractivity contribution >= 4 is 5.91 Å². The van der Waals surface area contributed by atoms with Gasteiger partial charge in [-0.05, 0) is 41.7 Å². The summed E-state index contributed by atoms with van der Waals surface area (Å²) in [4.78, 5) is 16.2. The van der Waals surface area contributed by atoms with Gasteiger partial charge in [-0.2, -0.15) is 4.98 Å². The first-order valence-corrected chi connectivity index (χ1v) is 11.8. The van der Waals surface area contributed by atoms with Crippen molar-refractivity contribution in [3.63, 3.8) is 0 Å². The van der Waals surface area contributed by atoms with Crippen molar-refractivity contribution in [1.29, 1.82) is 0 Å². The molecule has 1 heterocycles. The molecule has 1 amide bonds. The van der Waals surface area contributed by atoms with Crippen molar-refractivity contribution < 1.29 is 14.3 Å². The fraction of sp³-hybridized carbons (Fsp3) is 0.310. The van der Waals surface area contributed by atoms with E-state index in [0.717, 1.165) is 11.1 Å². The number of aromatic nitrogens is 1. The molecule has 0 aliphatic carbocycles. The Balaban J connectivity index is 1.51. The Bertz CT molecular complexity index is 1140. The average molecular weight is 472 g/mol. The first-order valence-electron chi connectivity index (χ1n) is 11.8. The van der Waals surface area contributed by atoms with E-state index in [0.29, 0.717) is 57.3 Å². The third-order valence-corrected chi connectivity index (χ3v) is 5.68.